The number of carbonyl (C=O) groups excluding carboxylic acids is 2. The normalized spacial score (nSPS) is 28.2. The molecule has 2 aromatic heterocycles. The summed E-state index contributed by atoms with van der Waals surface area (Å²) in [7, 11) is 0. The van der Waals surface area contributed by atoms with Crippen LogP contribution in [0.15, 0.2) is 59.3 Å². The van der Waals surface area contributed by atoms with Crippen LogP contribution in [-0.4, -0.2) is 29.1 Å². The Morgan fingerprint density at radius 3 is 2.11 bits per heavy atom. The highest BCUT2D eigenvalue weighted by molar-refractivity contribution is 7.10. The Bertz CT molecular complexity index is 985. The first-order chi connectivity index (χ1) is 13.7. The second-order valence-electron chi connectivity index (χ2n) is 7.93. The van der Waals surface area contributed by atoms with Gasteiger partial charge in [0.25, 0.3) is 0 Å². The molecule has 1 aliphatic carbocycles. The quantitative estimate of drug-likeness (QED) is 0.552. The summed E-state index contributed by atoms with van der Waals surface area (Å²) in [6, 6.07) is 15.8. The van der Waals surface area contributed by atoms with Crippen molar-refractivity contribution in [3.05, 3.63) is 80.2 Å². The number of carbonyl (C=O) groups is 2. The molecule has 1 spiro atoms. The number of hydrogen-bond acceptors (Lipinski definition) is 5. The van der Waals surface area contributed by atoms with Crippen LogP contribution in [0.3, 0.4) is 0 Å². The van der Waals surface area contributed by atoms with Crippen LogP contribution in [0.25, 0.3) is 0 Å². The van der Waals surface area contributed by atoms with Crippen LogP contribution in [0.5, 0.6) is 0 Å². The minimum atomic E-state index is -1.04. The summed E-state index contributed by atoms with van der Waals surface area (Å²) in [5.41, 5.74) is 0.179. The topological polar surface area (TPSA) is 37.4 Å². The Morgan fingerprint density at radius 1 is 0.857 bits per heavy atom. The Balaban J connectivity index is 1.66. The molecule has 2 fully saturated rings. The maximum atomic E-state index is 14.0. The lowest BCUT2D eigenvalue weighted by atomic mass is 9.66. The molecule has 1 aromatic carbocycles. The summed E-state index contributed by atoms with van der Waals surface area (Å²) in [5.74, 6) is -0.0203. The van der Waals surface area contributed by atoms with E-state index in [1.807, 2.05) is 36.4 Å². The zero-order chi connectivity index (χ0) is 18.9. The van der Waals surface area contributed by atoms with E-state index in [0.29, 0.717) is 11.1 Å². The fourth-order valence-electron chi connectivity index (χ4n) is 5.90. The number of thiophene rings is 2. The molecule has 3 nitrogen and oxygen atoms in total. The Morgan fingerprint density at radius 2 is 1.50 bits per heavy atom. The summed E-state index contributed by atoms with van der Waals surface area (Å²) in [4.78, 5) is 32.9. The SMILES string of the molecule is O=C1c2ccccc2C(=O)C12[C@H](c1cccs1)N1CCC[C@H]1[C@@H]2c1cccs1. The van der Waals surface area contributed by atoms with Gasteiger partial charge in [0.1, 0.15) is 5.41 Å². The van der Waals surface area contributed by atoms with Gasteiger partial charge in [-0.2, -0.15) is 0 Å². The lowest BCUT2D eigenvalue weighted by Crippen LogP contribution is -2.43. The molecule has 3 atom stereocenters. The van der Waals surface area contributed by atoms with E-state index >= 15 is 0 Å². The van der Waals surface area contributed by atoms with Gasteiger partial charge < -0.3 is 0 Å². The van der Waals surface area contributed by atoms with Gasteiger partial charge >= 0.3 is 0 Å². The minimum absolute atomic E-state index is 0.0271. The highest BCUT2D eigenvalue weighted by Crippen LogP contribution is 2.66. The van der Waals surface area contributed by atoms with Crippen molar-refractivity contribution in [2.24, 2.45) is 5.41 Å². The van der Waals surface area contributed by atoms with Crippen LogP contribution in [0, 0.1) is 5.41 Å². The summed E-state index contributed by atoms with van der Waals surface area (Å²) in [5, 5.41) is 4.13. The average Bonchev–Trinajstić information content (AvgIpc) is 3.51. The molecule has 28 heavy (non-hydrogen) atoms. The van der Waals surface area contributed by atoms with E-state index < -0.39 is 5.41 Å². The van der Waals surface area contributed by atoms with Gasteiger partial charge in [0.05, 0.1) is 6.04 Å². The van der Waals surface area contributed by atoms with Crippen LogP contribution in [0.4, 0.5) is 0 Å². The monoisotopic (exact) mass is 405 g/mol. The predicted molar refractivity (Wildman–Crippen MR) is 111 cm³/mol. The van der Waals surface area contributed by atoms with Crippen LogP contribution in [0.2, 0.25) is 0 Å². The van der Waals surface area contributed by atoms with Gasteiger partial charge in [0.15, 0.2) is 11.6 Å². The van der Waals surface area contributed by atoms with Crippen LogP contribution in [-0.2, 0) is 0 Å². The molecular formula is C23H19NO2S2. The smallest absolute Gasteiger partial charge is 0.180 e. The zero-order valence-corrected chi connectivity index (χ0v) is 16.8. The largest absolute Gasteiger partial charge is 0.293 e. The zero-order valence-electron chi connectivity index (χ0n) is 15.2. The van der Waals surface area contributed by atoms with Crippen molar-refractivity contribution in [2.45, 2.75) is 30.8 Å². The molecule has 3 aliphatic rings. The first kappa shape index (κ1) is 16.8. The second-order valence-corrected chi connectivity index (χ2v) is 9.89. The number of rotatable bonds is 2. The van der Waals surface area contributed by atoms with Crippen molar-refractivity contribution >= 4 is 34.2 Å². The number of ketones is 2. The van der Waals surface area contributed by atoms with Gasteiger partial charge in [-0.05, 0) is 42.3 Å². The molecule has 4 heterocycles. The maximum absolute atomic E-state index is 14.0. The van der Waals surface area contributed by atoms with Crippen molar-refractivity contribution in [3.8, 4) is 0 Å². The van der Waals surface area contributed by atoms with E-state index in [-0.39, 0.29) is 29.6 Å². The lowest BCUT2D eigenvalue weighted by Gasteiger charge is -2.34. The van der Waals surface area contributed by atoms with Crippen molar-refractivity contribution < 1.29 is 9.59 Å². The van der Waals surface area contributed by atoms with Gasteiger partial charge in [0, 0.05) is 32.8 Å². The predicted octanol–water partition coefficient (Wildman–Crippen LogP) is 5.18. The number of nitrogens with zero attached hydrogens (tertiary/aromatic N) is 1. The maximum Gasteiger partial charge on any atom is 0.180 e. The number of benzene rings is 1. The Hall–Kier alpha value is -2.08. The number of Topliss-reactive ketones (excluding diaryl/α,β-unsaturated/α-hetero) is 2. The van der Waals surface area contributed by atoms with Crippen molar-refractivity contribution in [3.63, 3.8) is 0 Å². The van der Waals surface area contributed by atoms with Crippen LogP contribution < -0.4 is 0 Å². The van der Waals surface area contributed by atoms with E-state index in [4.69, 9.17) is 0 Å². The lowest BCUT2D eigenvalue weighted by molar-refractivity contribution is 0.0600. The van der Waals surface area contributed by atoms with Crippen LogP contribution >= 0.6 is 22.7 Å². The fraction of sp³-hybridized carbons (Fsp3) is 0.304. The highest BCUT2D eigenvalue weighted by atomic mass is 32.1. The molecule has 3 aromatic rings. The third kappa shape index (κ3) is 1.92. The van der Waals surface area contributed by atoms with E-state index in [0.717, 1.165) is 24.3 Å². The summed E-state index contributed by atoms with van der Waals surface area (Å²) < 4.78 is 0. The van der Waals surface area contributed by atoms with Gasteiger partial charge in [-0.15, -0.1) is 22.7 Å². The van der Waals surface area contributed by atoms with E-state index in [9.17, 15) is 9.59 Å². The Labute approximate surface area is 171 Å². The summed E-state index contributed by atoms with van der Waals surface area (Å²) >= 11 is 3.35. The van der Waals surface area contributed by atoms with E-state index in [1.165, 1.54) is 4.88 Å². The highest BCUT2D eigenvalue weighted by Gasteiger charge is 2.71. The summed E-state index contributed by atoms with van der Waals surface area (Å²) in [6.45, 7) is 0.952. The van der Waals surface area contributed by atoms with Gasteiger partial charge in [-0.1, -0.05) is 36.4 Å². The van der Waals surface area contributed by atoms with Gasteiger partial charge in [-0.25, -0.2) is 0 Å². The standard InChI is InChI=1S/C23H19NO2S2/c25-21-14-6-1-2-7-15(14)22(26)23(21)19(17-9-4-12-27-17)16-8-3-11-24(16)20(23)18-10-5-13-28-18/h1-2,4-7,9-10,12-13,16,19-20H,3,8,11H2/t16-,19+,20-/m0/s1. The first-order valence-corrected chi connectivity index (χ1v) is 11.5. The number of hydrogen-bond donors (Lipinski definition) is 0. The second kappa shape index (κ2) is 5.96. The molecular weight excluding hydrogens is 386 g/mol. The molecule has 140 valence electrons. The minimum Gasteiger partial charge on any atom is -0.293 e. The van der Waals surface area contributed by atoms with Crippen LogP contribution in [0.1, 0.15) is 55.3 Å². The van der Waals surface area contributed by atoms with E-state index in [1.54, 1.807) is 22.7 Å². The molecule has 2 saturated heterocycles. The Kier molecular flexibility index (Phi) is 3.58. The fourth-order valence-corrected chi connectivity index (χ4v) is 7.79. The molecule has 0 radical (unpaired) electrons. The molecule has 0 unspecified atom stereocenters. The third-order valence-corrected chi connectivity index (χ3v) is 8.69. The molecule has 0 saturated carbocycles. The van der Waals surface area contributed by atoms with Crippen molar-refractivity contribution in [2.75, 3.05) is 6.54 Å². The first-order valence-electron chi connectivity index (χ1n) is 9.75. The average molecular weight is 406 g/mol. The molecule has 0 amide bonds. The molecule has 0 bridgehead atoms. The van der Waals surface area contributed by atoms with Gasteiger partial charge in [-0.3, -0.25) is 14.5 Å². The third-order valence-electron chi connectivity index (χ3n) is 6.81. The molecule has 2 aliphatic heterocycles. The van der Waals surface area contributed by atoms with Crippen molar-refractivity contribution in [1.82, 2.24) is 4.90 Å². The number of fused-ring (bicyclic) bond motifs is 2. The molecule has 6 rings (SSSR count). The van der Waals surface area contributed by atoms with E-state index in [2.05, 4.69) is 27.8 Å². The molecule has 5 heteroatoms. The van der Waals surface area contributed by atoms with Crippen molar-refractivity contribution in [1.29, 1.82) is 0 Å². The summed E-state index contributed by atoms with van der Waals surface area (Å²) in [6.07, 6.45) is 2.17. The molecule has 0 N–H and O–H groups in total. The van der Waals surface area contributed by atoms with Gasteiger partial charge in [0.2, 0.25) is 0 Å².